The minimum atomic E-state index is -4.21. The van der Waals surface area contributed by atoms with Gasteiger partial charge < -0.3 is 19.7 Å². The molecule has 0 saturated heterocycles. The molecule has 3 aromatic carbocycles. The van der Waals surface area contributed by atoms with Gasteiger partial charge in [0.25, 0.3) is 10.0 Å². The molecule has 0 aliphatic carbocycles. The number of nitrogens with one attached hydrogen (secondary N) is 1. The maximum atomic E-state index is 14.1. The van der Waals surface area contributed by atoms with Gasteiger partial charge in [-0.15, -0.1) is 0 Å². The van der Waals surface area contributed by atoms with Crippen molar-refractivity contribution in [2.45, 2.75) is 44.7 Å². The molecule has 0 heterocycles. The number of amides is 2. The van der Waals surface area contributed by atoms with Crippen LogP contribution in [0.1, 0.15) is 32.8 Å². The summed E-state index contributed by atoms with van der Waals surface area (Å²) in [7, 11) is -2.66. The summed E-state index contributed by atoms with van der Waals surface area (Å²) in [5, 5.41) is 3.17. The number of anilines is 1. The van der Waals surface area contributed by atoms with E-state index in [4.69, 9.17) is 21.1 Å². The molecule has 2 amide bonds. The van der Waals surface area contributed by atoms with E-state index in [-0.39, 0.29) is 23.0 Å². The molecule has 11 heteroatoms. The van der Waals surface area contributed by atoms with E-state index in [0.717, 1.165) is 9.87 Å². The number of likely N-dealkylation sites (N-methyl/N-ethyl adjacent to an activating group) is 1. The van der Waals surface area contributed by atoms with Crippen LogP contribution in [0.4, 0.5) is 5.69 Å². The zero-order chi connectivity index (χ0) is 30.0. The van der Waals surface area contributed by atoms with Gasteiger partial charge in [-0.25, -0.2) is 8.42 Å². The standard InChI is InChI=1S/C30H36ClN3O6S/c1-5-28(30(36)32-6-2)33(20-22-9-8-10-26(19-22)39-4)29(35)21-34(24-13-15-25(16-14-24)40-7-3)41(37,38)27-17-11-23(31)12-18-27/h8-19,28H,5-7,20-21H2,1-4H3,(H,32,36)/t28-/m0/s1. The van der Waals surface area contributed by atoms with Gasteiger partial charge >= 0.3 is 0 Å². The van der Waals surface area contributed by atoms with Crippen LogP contribution < -0.4 is 19.1 Å². The van der Waals surface area contributed by atoms with Crippen LogP contribution >= 0.6 is 11.6 Å². The summed E-state index contributed by atoms with van der Waals surface area (Å²) in [5.41, 5.74) is 0.998. The molecule has 0 aromatic heterocycles. The van der Waals surface area contributed by atoms with E-state index < -0.39 is 28.5 Å². The molecule has 0 bridgehead atoms. The second kappa shape index (κ2) is 14.7. The van der Waals surface area contributed by atoms with Gasteiger partial charge in [-0.1, -0.05) is 30.7 Å². The molecule has 1 N–H and O–H groups in total. The summed E-state index contributed by atoms with van der Waals surface area (Å²) in [4.78, 5) is 28.5. The Bertz CT molecular complexity index is 1410. The highest BCUT2D eigenvalue weighted by Crippen LogP contribution is 2.28. The van der Waals surface area contributed by atoms with E-state index in [0.29, 0.717) is 36.1 Å². The van der Waals surface area contributed by atoms with Gasteiger partial charge in [0.1, 0.15) is 24.1 Å². The minimum absolute atomic E-state index is 0.0290. The maximum absolute atomic E-state index is 14.1. The topological polar surface area (TPSA) is 105 Å². The number of sulfonamides is 1. The van der Waals surface area contributed by atoms with Gasteiger partial charge in [0.05, 0.1) is 24.3 Å². The summed E-state index contributed by atoms with van der Waals surface area (Å²) in [6.07, 6.45) is 0.328. The highest BCUT2D eigenvalue weighted by Gasteiger charge is 2.33. The first-order valence-electron chi connectivity index (χ1n) is 13.4. The number of ether oxygens (including phenoxy) is 2. The summed E-state index contributed by atoms with van der Waals surface area (Å²) < 4.78 is 39.7. The van der Waals surface area contributed by atoms with Crippen LogP contribution in [-0.2, 0) is 26.2 Å². The third-order valence-electron chi connectivity index (χ3n) is 6.34. The lowest BCUT2D eigenvalue weighted by atomic mass is 10.1. The fraction of sp³-hybridized carbons (Fsp3) is 0.333. The van der Waals surface area contributed by atoms with Crippen LogP contribution in [0.5, 0.6) is 11.5 Å². The second-order valence-corrected chi connectivity index (χ2v) is 11.4. The average molecular weight is 602 g/mol. The van der Waals surface area contributed by atoms with Gasteiger partial charge in [0.2, 0.25) is 11.8 Å². The quantitative estimate of drug-likeness (QED) is 0.282. The van der Waals surface area contributed by atoms with Crippen molar-refractivity contribution in [2.75, 3.05) is 31.1 Å². The van der Waals surface area contributed by atoms with Crippen LogP contribution in [0.2, 0.25) is 5.02 Å². The Morgan fingerprint density at radius 2 is 1.63 bits per heavy atom. The molecule has 1 atom stereocenters. The van der Waals surface area contributed by atoms with Gasteiger partial charge in [-0.05, 0) is 86.5 Å². The lowest BCUT2D eigenvalue weighted by molar-refractivity contribution is -0.140. The van der Waals surface area contributed by atoms with Gasteiger partial charge in [-0.2, -0.15) is 0 Å². The number of carbonyl (C=O) groups excluding carboxylic acids is 2. The number of hydrogen-bond acceptors (Lipinski definition) is 6. The van der Waals surface area contributed by atoms with Crippen LogP contribution in [0.15, 0.2) is 77.7 Å². The molecule has 0 unspecified atom stereocenters. The average Bonchev–Trinajstić information content (AvgIpc) is 2.96. The van der Waals surface area contributed by atoms with E-state index in [1.54, 1.807) is 63.4 Å². The molecule has 0 radical (unpaired) electrons. The van der Waals surface area contributed by atoms with E-state index in [1.807, 2.05) is 13.0 Å². The Labute approximate surface area is 247 Å². The van der Waals surface area contributed by atoms with Crippen LogP contribution in [-0.4, -0.2) is 58.0 Å². The number of nitrogens with zero attached hydrogens (tertiary/aromatic N) is 2. The van der Waals surface area contributed by atoms with Crippen molar-refractivity contribution < 1.29 is 27.5 Å². The first-order valence-corrected chi connectivity index (χ1v) is 15.2. The van der Waals surface area contributed by atoms with Crippen LogP contribution in [0, 0.1) is 0 Å². The van der Waals surface area contributed by atoms with Crippen LogP contribution in [0.25, 0.3) is 0 Å². The Hall–Kier alpha value is -3.76. The third kappa shape index (κ3) is 8.14. The molecule has 220 valence electrons. The minimum Gasteiger partial charge on any atom is -0.497 e. The third-order valence-corrected chi connectivity index (χ3v) is 8.38. The van der Waals surface area contributed by atoms with Crippen molar-refractivity contribution in [3.05, 3.63) is 83.4 Å². The largest absolute Gasteiger partial charge is 0.497 e. The second-order valence-electron chi connectivity index (χ2n) is 9.08. The molecule has 9 nitrogen and oxygen atoms in total. The first kappa shape index (κ1) is 31.8. The van der Waals surface area contributed by atoms with Crippen molar-refractivity contribution >= 4 is 39.1 Å². The molecule has 41 heavy (non-hydrogen) atoms. The van der Waals surface area contributed by atoms with Crippen LogP contribution in [0.3, 0.4) is 0 Å². The molecule has 0 fully saturated rings. The molecule has 0 saturated carbocycles. The Kier molecular flexibility index (Phi) is 11.4. The van der Waals surface area contributed by atoms with Crippen molar-refractivity contribution in [1.82, 2.24) is 10.2 Å². The van der Waals surface area contributed by atoms with Gasteiger partial charge in [-0.3, -0.25) is 13.9 Å². The van der Waals surface area contributed by atoms with Crippen molar-refractivity contribution in [3.8, 4) is 11.5 Å². The van der Waals surface area contributed by atoms with E-state index in [1.165, 1.54) is 29.2 Å². The molecule has 0 spiro atoms. The lowest BCUT2D eigenvalue weighted by Crippen LogP contribution is -2.52. The zero-order valence-corrected chi connectivity index (χ0v) is 25.2. The summed E-state index contributed by atoms with van der Waals surface area (Å²) in [6, 6.07) is 18.5. The number of hydrogen-bond donors (Lipinski definition) is 1. The first-order chi connectivity index (χ1) is 19.6. The van der Waals surface area contributed by atoms with E-state index >= 15 is 0 Å². The van der Waals surface area contributed by atoms with Gasteiger partial charge in [0.15, 0.2) is 0 Å². The predicted octanol–water partition coefficient (Wildman–Crippen LogP) is 4.89. The summed E-state index contributed by atoms with van der Waals surface area (Å²) in [5.74, 6) is 0.299. The Morgan fingerprint density at radius 1 is 0.951 bits per heavy atom. The smallest absolute Gasteiger partial charge is 0.264 e. The van der Waals surface area contributed by atoms with Crippen molar-refractivity contribution in [3.63, 3.8) is 0 Å². The fourth-order valence-electron chi connectivity index (χ4n) is 4.32. The van der Waals surface area contributed by atoms with Crippen molar-refractivity contribution in [2.24, 2.45) is 0 Å². The number of halogens is 1. The number of rotatable bonds is 14. The predicted molar refractivity (Wildman–Crippen MR) is 160 cm³/mol. The molecule has 3 aromatic rings. The molecule has 0 aliphatic rings. The summed E-state index contributed by atoms with van der Waals surface area (Å²) in [6.45, 7) is 5.82. The Morgan fingerprint density at radius 3 is 2.22 bits per heavy atom. The summed E-state index contributed by atoms with van der Waals surface area (Å²) >= 11 is 6.01. The molecular formula is C30H36ClN3O6S. The SMILES string of the molecule is CCNC(=O)[C@H](CC)N(Cc1cccc(OC)c1)C(=O)CN(c1ccc(OCC)cc1)S(=O)(=O)c1ccc(Cl)cc1. The van der Waals surface area contributed by atoms with Gasteiger partial charge in [0, 0.05) is 18.1 Å². The van der Waals surface area contributed by atoms with E-state index in [9.17, 15) is 18.0 Å². The number of benzene rings is 3. The number of methoxy groups -OCH3 is 1. The highest BCUT2D eigenvalue weighted by molar-refractivity contribution is 7.92. The molecule has 0 aliphatic heterocycles. The van der Waals surface area contributed by atoms with Crippen molar-refractivity contribution in [1.29, 1.82) is 0 Å². The fourth-order valence-corrected chi connectivity index (χ4v) is 5.86. The van der Waals surface area contributed by atoms with E-state index in [2.05, 4.69) is 5.32 Å². The lowest BCUT2D eigenvalue weighted by Gasteiger charge is -2.33. The molecule has 3 rings (SSSR count). The highest BCUT2D eigenvalue weighted by atomic mass is 35.5. The monoisotopic (exact) mass is 601 g/mol. The number of carbonyl (C=O) groups is 2. The zero-order valence-electron chi connectivity index (χ0n) is 23.7. The maximum Gasteiger partial charge on any atom is 0.264 e. The Balaban J connectivity index is 2.06. The normalized spacial score (nSPS) is 11.8. The molecular weight excluding hydrogens is 566 g/mol.